The number of aromatic nitrogens is 3. The molecule has 0 spiro atoms. The van der Waals surface area contributed by atoms with E-state index in [2.05, 4.69) is 39.6 Å². The van der Waals surface area contributed by atoms with Gasteiger partial charge in [-0.15, -0.1) is 0 Å². The van der Waals surface area contributed by atoms with Gasteiger partial charge in [-0.3, -0.25) is 4.79 Å². The Morgan fingerprint density at radius 3 is 2.53 bits per heavy atom. The molecule has 1 aliphatic rings. The van der Waals surface area contributed by atoms with E-state index < -0.39 is 0 Å². The van der Waals surface area contributed by atoms with E-state index in [1.807, 2.05) is 24.3 Å². The van der Waals surface area contributed by atoms with Crippen LogP contribution in [0.4, 0.5) is 11.8 Å². The summed E-state index contributed by atoms with van der Waals surface area (Å²) in [4.78, 5) is 26.3. The second-order valence-corrected chi connectivity index (χ2v) is 10.6. The summed E-state index contributed by atoms with van der Waals surface area (Å²) in [6.07, 6.45) is 4.38. The van der Waals surface area contributed by atoms with E-state index >= 15 is 0 Å². The number of nitrogens with zero attached hydrogens (tertiary/aromatic N) is 3. The third kappa shape index (κ3) is 6.93. The molecule has 1 fully saturated rings. The summed E-state index contributed by atoms with van der Waals surface area (Å²) in [6, 6.07) is 13.2. The second-order valence-electron chi connectivity index (χ2n) is 9.87. The summed E-state index contributed by atoms with van der Waals surface area (Å²) >= 11 is 13.5. The molecular formula is C31H32Cl2N6O4. The molecule has 10 nitrogen and oxygen atoms in total. The lowest BCUT2D eigenvalue weighted by Crippen LogP contribution is -2.52. The second kappa shape index (κ2) is 13.9. The van der Waals surface area contributed by atoms with Crippen molar-refractivity contribution in [3.63, 3.8) is 0 Å². The average Bonchev–Trinajstić information content (AvgIpc) is 3.03. The van der Waals surface area contributed by atoms with Crippen molar-refractivity contribution in [2.24, 2.45) is 0 Å². The Morgan fingerprint density at radius 2 is 1.84 bits per heavy atom. The predicted octanol–water partition coefficient (Wildman–Crippen LogP) is 5.54. The Kier molecular flexibility index (Phi) is 9.81. The van der Waals surface area contributed by atoms with E-state index in [0.29, 0.717) is 81.7 Å². The van der Waals surface area contributed by atoms with Gasteiger partial charge in [0, 0.05) is 36.4 Å². The third-order valence-corrected chi connectivity index (χ3v) is 7.88. The first-order valence-electron chi connectivity index (χ1n) is 13.7. The number of hydrogen-bond donors (Lipinski definition) is 3. The SMILES string of the molecule is C=CC(=O)N[C@H]1CCOC[C@H]1Nc1ncc2cc(-c3c(Cl)c(OC)cc(OC)c3Cl)nc(NCCc3ccccc3)c2n1. The standard InChI is InChI=1S/C31H32Cl2N6O4/c1-4-25(40)36-20-11-13-43-17-22(20)38-31-35-16-19-14-21(26-27(32)23(41-2)15-24(42-3)28(26)33)37-30(29(19)39-31)34-12-10-18-8-6-5-7-9-18/h4-9,14-16,20,22H,1,10-13,17H2,2-3H3,(H,34,37)(H,36,40)(H,35,38,39)/t20-,22+/m0/s1. The molecule has 12 heteroatoms. The summed E-state index contributed by atoms with van der Waals surface area (Å²) in [5.41, 5.74) is 2.75. The minimum Gasteiger partial charge on any atom is -0.495 e. The van der Waals surface area contributed by atoms with Gasteiger partial charge in [0.25, 0.3) is 0 Å². The van der Waals surface area contributed by atoms with Gasteiger partial charge in [0.05, 0.1) is 48.6 Å². The van der Waals surface area contributed by atoms with Crippen molar-refractivity contribution in [1.82, 2.24) is 20.3 Å². The maximum Gasteiger partial charge on any atom is 0.243 e. The van der Waals surface area contributed by atoms with Crippen LogP contribution in [0.1, 0.15) is 12.0 Å². The highest BCUT2D eigenvalue weighted by molar-refractivity contribution is 6.41. The minimum atomic E-state index is -0.244. The molecule has 3 heterocycles. The number of hydrogen-bond acceptors (Lipinski definition) is 9. The van der Waals surface area contributed by atoms with Crippen LogP contribution in [-0.2, 0) is 16.0 Å². The van der Waals surface area contributed by atoms with Gasteiger partial charge in [-0.05, 0) is 30.5 Å². The maximum absolute atomic E-state index is 12.0. The number of halogens is 2. The highest BCUT2D eigenvalue weighted by Gasteiger charge is 2.28. The number of benzene rings is 2. The first-order valence-corrected chi connectivity index (χ1v) is 14.5. The summed E-state index contributed by atoms with van der Waals surface area (Å²) in [6.45, 7) is 5.07. The first kappa shape index (κ1) is 30.3. The van der Waals surface area contributed by atoms with Crippen molar-refractivity contribution in [3.8, 4) is 22.8 Å². The van der Waals surface area contributed by atoms with Gasteiger partial charge >= 0.3 is 0 Å². The van der Waals surface area contributed by atoms with Crippen molar-refractivity contribution in [3.05, 3.63) is 76.9 Å². The highest BCUT2D eigenvalue weighted by Crippen LogP contribution is 2.46. The van der Waals surface area contributed by atoms with Gasteiger partial charge in [0.15, 0.2) is 5.82 Å². The van der Waals surface area contributed by atoms with E-state index in [-0.39, 0.29) is 18.0 Å². The quantitative estimate of drug-likeness (QED) is 0.185. The number of nitrogens with one attached hydrogen (secondary N) is 3. The van der Waals surface area contributed by atoms with Gasteiger partial charge in [-0.2, -0.15) is 0 Å². The molecule has 4 aromatic rings. The number of ether oxygens (including phenoxy) is 3. The number of anilines is 2. The first-order chi connectivity index (χ1) is 20.9. The number of carbonyl (C=O) groups is 1. The molecule has 1 aliphatic heterocycles. The molecule has 224 valence electrons. The largest absolute Gasteiger partial charge is 0.495 e. The van der Waals surface area contributed by atoms with Crippen LogP contribution in [0.3, 0.4) is 0 Å². The summed E-state index contributed by atoms with van der Waals surface area (Å²) < 4.78 is 16.6. The van der Waals surface area contributed by atoms with Gasteiger partial charge in [0.1, 0.15) is 17.0 Å². The molecule has 3 N–H and O–H groups in total. The van der Waals surface area contributed by atoms with Gasteiger partial charge in [0.2, 0.25) is 11.9 Å². The maximum atomic E-state index is 12.0. The number of amides is 1. The Bertz CT molecular complexity index is 1590. The summed E-state index contributed by atoms with van der Waals surface area (Å²) in [5.74, 6) is 1.47. The van der Waals surface area contributed by atoms with Crippen molar-refractivity contribution in [2.45, 2.75) is 24.9 Å². The molecule has 5 rings (SSSR count). The monoisotopic (exact) mass is 622 g/mol. The fourth-order valence-corrected chi connectivity index (χ4v) is 5.60. The highest BCUT2D eigenvalue weighted by atomic mass is 35.5. The van der Waals surface area contributed by atoms with Crippen LogP contribution in [0, 0.1) is 0 Å². The van der Waals surface area contributed by atoms with Crippen molar-refractivity contribution in [1.29, 1.82) is 0 Å². The lowest BCUT2D eigenvalue weighted by molar-refractivity contribution is -0.117. The topological polar surface area (TPSA) is 120 Å². The normalized spacial score (nSPS) is 16.4. The number of pyridine rings is 1. The molecule has 0 aliphatic carbocycles. The zero-order valence-corrected chi connectivity index (χ0v) is 25.3. The molecule has 0 unspecified atom stereocenters. The van der Waals surface area contributed by atoms with Gasteiger partial charge in [-0.1, -0.05) is 60.1 Å². The van der Waals surface area contributed by atoms with Crippen LogP contribution in [0.25, 0.3) is 22.2 Å². The van der Waals surface area contributed by atoms with Crippen LogP contribution in [0.5, 0.6) is 11.5 Å². The molecule has 43 heavy (non-hydrogen) atoms. The van der Waals surface area contributed by atoms with Gasteiger partial charge in [-0.25, -0.2) is 15.0 Å². The zero-order valence-electron chi connectivity index (χ0n) is 23.8. The molecule has 0 saturated carbocycles. The van der Waals surface area contributed by atoms with Crippen LogP contribution < -0.4 is 25.4 Å². The molecule has 0 bridgehead atoms. The van der Waals surface area contributed by atoms with E-state index in [1.165, 1.54) is 25.9 Å². The Morgan fingerprint density at radius 1 is 1.09 bits per heavy atom. The van der Waals surface area contributed by atoms with Gasteiger partial charge < -0.3 is 30.2 Å². The summed E-state index contributed by atoms with van der Waals surface area (Å²) in [7, 11) is 3.05. The fraction of sp³-hybridized carbons (Fsp3) is 0.290. The minimum absolute atomic E-state index is 0.171. The van der Waals surface area contributed by atoms with Crippen LogP contribution >= 0.6 is 23.2 Å². The molecule has 0 radical (unpaired) electrons. The third-order valence-electron chi connectivity index (χ3n) is 7.13. The van der Waals surface area contributed by atoms with E-state index in [0.717, 1.165) is 6.42 Å². The molecule has 2 atom stereocenters. The van der Waals surface area contributed by atoms with E-state index in [1.54, 1.807) is 12.3 Å². The molecular weight excluding hydrogens is 591 g/mol. The smallest absolute Gasteiger partial charge is 0.243 e. The van der Waals surface area contributed by atoms with Crippen molar-refractivity contribution in [2.75, 3.05) is 44.6 Å². The van der Waals surface area contributed by atoms with E-state index in [9.17, 15) is 4.79 Å². The predicted molar refractivity (Wildman–Crippen MR) is 170 cm³/mol. The Balaban J connectivity index is 1.54. The molecule has 2 aromatic carbocycles. The Hall–Kier alpha value is -4.12. The lowest BCUT2D eigenvalue weighted by Gasteiger charge is -2.32. The Labute approximate surface area is 259 Å². The number of fused-ring (bicyclic) bond motifs is 1. The van der Waals surface area contributed by atoms with Crippen LogP contribution in [0.2, 0.25) is 10.0 Å². The van der Waals surface area contributed by atoms with Crippen LogP contribution in [-0.4, -0.2) is 66.9 Å². The lowest BCUT2D eigenvalue weighted by atomic mass is 10.0. The molecule has 1 amide bonds. The van der Waals surface area contributed by atoms with Crippen molar-refractivity contribution >= 4 is 51.8 Å². The molecule has 1 saturated heterocycles. The number of rotatable bonds is 11. The van der Waals surface area contributed by atoms with Crippen molar-refractivity contribution < 1.29 is 19.0 Å². The number of methoxy groups -OCH3 is 2. The summed E-state index contributed by atoms with van der Waals surface area (Å²) in [5, 5.41) is 11.1. The van der Waals surface area contributed by atoms with Crippen LogP contribution in [0.15, 0.2) is 61.3 Å². The average molecular weight is 624 g/mol. The number of carbonyl (C=O) groups excluding carboxylic acids is 1. The molecule has 2 aromatic heterocycles. The fourth-order valence-electron chi connectivity index (χ4n) is 4.90. The van der Waals surface area contributed by atoms with E-state index in [4.69, 9.17) is 47.4 Å². The zero-order chi connectivity index (χ0) is 30.3.